The Bertz CT molecular complexity index is 547. The zero-order valence-corrected chi connectivity index (χ0v) is 8.65. The first kappa shape index (κ1) is 9.06. The van der Waals surface area contributed by atoms with Crippen molar-refractivity contribution in [1.82, 2.24) is 9.97 Å². The van der Waals surface area contributed by atoms with Gasteiger partial charge < -0.3 is 4.98 Å². The van der Waals surface area contributed by atoms with Crippen LogP contribution >= 0.6 is 23.6 Å². The van der Waals surface area contributed by atoms with Gasteiger partial charge in [0, 0.05) is 16.6 Å². The molecule has 0 aliphatic rings. The quantitative estimate of drug-likeness (QED) is 0.750. The summed E-state index contributed by atoms with van der Waals surface area (Å²) in [7, 11) is 0. The molecule has 0 saturated carbocycles. The van der Waals surface area contributed by atoms with Gasteiger partial charge in [0.15, 0.2) is 0 Å². The van der Waals surface area contributed by atoms with Crippen LogP contribution in [0, 0.1) is 16.0 Å². The molecule has 0 amide bonds. The molecule has 14 heavy (non-hydrogen) atoms. The van der Waals surface area contributed by atoms with Crippen molar-refractivity contribution in [3.63, 3.8) is 0 Å². The van der Waals surface area contributed by atoms with Gasteiger partial charge in [0.25, 0.3) is 0 Å². The van der Waals surface area contributed by atoms with Crippen LogP contribution in [0.15, 0.2) is 24.7 Å². The molecular weight excluding hydrogens is 214 g/mol. The highest BCUT2D eigenvalue weighted by Crippen LogP contribution is 2.27. The number of aromatic amines is 1. The minimum absolute atomic E-state index is 0.645. The molecule has 0 unspecified atom stereocenters. The third-order valence-corrected chi connectivity index (χ3v) is 3.06. The lowest BCUT2D eigenvalue weighted by Crippen LogP contribution is -1.81. The molecule has 0 radical (unpaired) electrons. The van der Waals surface area contributed by atoms with E-state index in [1.807, 2.05) is 6.07 Å². The van der Waals surface area contributed by atoms with Crippen LogP contribution in [-0.4, -0.2) is 9.97 Å². The molecule has 2 heterocycles. The molecule has 0 aliphatic carbocycles. The number of hydrogen-bond donors (Lipinski definition) is 1. The minimum atomic E-state index is 0.645. The Kier molecular flexibility index (Phi) is 2.39. The fourth-order valence-electron chi connectivity index (χ4n) is 1.06. The second-order valence-corrected chi connectivity index (χ2v) is 4.06. The summed E-state index contributed by atoms with van der Waals surface area (Å²) in [6.45, 7) is 0. The molecule has 2 aromatic heterocycles. The maximum atomic E-state index is 8.68. The van der Waals surface area contributed by atoms with Gasteiger partial charge in [-0.25, -0.2) is 4.98 Å². The van der Waals surface area contributed by atoms with Gasteiger partial charge in [-0.2, -0.15) is 5.26 Å². The van der Waals surface area contributed by atoms with Crippen LogP contribution in [0.1, 0.15) is 4.88 Å². The summed E-state index contributed by atoms with van der Waals surface area (Å²) < 4.78 is 0.645. The highest BCUT2D eigenvalue weighted by Gasteiger charge is 2.03. The van der Waals surface area contributed by atoms with Crippen LogP contribution in [0.3, 0.4) is 0 Å². The number of aromatic nitrogens is 2. The number of hydrogen-bond acceptors (Lipinski definition) is 4. The van der Waals surface area contributed by atoms with E-state index in [1.165, 1.54) is 11.3 Å². The summed E-state index contributed by atoms with van der Waals surface area (Å²) in [5.41, 5.74) is 0.869. The topological polar surface area (TPSA) is 52.5 Å². The predicted molar refractivity (Wildman–Crippen MR) is 57.4 cm³/mol. The number of nitriles is 1. The second-order valence-electron chi connectivity index (χ2n) is 2.57. The van der Waals surface area contributed by atoms with E-state index in [1.54, 1.807) is 18.6 Å². The molecule has 0 saturated heterocycles. The molecule has 0 aromatic carbocycles. The Morgan fingerprint density at radius 1 is 1.50 bits per heavy atom. The average molecular weight is 219 g/mol. The lowest BCUT2D eigenvalue weighted by Gasteiger charge is -1.94. The molecule has 5 heteroatoms. The first-order valence-corrected chi connectivity index (χ1v) is 5.07. The van der Waals surface area contributed by atoms with Crippen LogP contribution in [0.2, 0.25) is 0 Å². The molecule has 3 nitrogen and oxygen atoms in total. The monoisotopic (exact) mass is 219 g/mol. The molecule has 2 rings (SSSR count). The summed E-state index contributed by atoms with van der Waals surface area (Å²) in [6.07, 6.45) is 3.25. The molecule has 68 valence electrons. The van der Waals surface area contributed by atoms with E-state index < -0.39 is 0 Å². The van der Waals surface area contributed by atoms with Gasteiger partial charge in [-0.15, -0.1) is 11.3 Å². The molecule has 0 bridgehead atoms. The normalized spacial score (nSPS) is 9.64. The number of thiophene rings is 1. The van der Waals surface area contributed by atoms with E-state index >= 15 is 0 Å². The fourth-order valence-corrected chi connectivity index (χ4v) is 2.16. The Labute approximate surface area is 89.7 Å². The van der Waals surface area contributed by atoms with Gasteiger partial charge in [0.05, 0.1) is 6.33 Å². The van der Waals surface area contributed by atoms with Crippen molar-refractivity contribution in [3.8, 4) is 16.5 Å². The highest BCUT2D eigenvalue weighted by atomic mass is 32.1. The van der Waals surface area contributed by atoms with Gasteiger partial charge in [-0.3, -0.25) is 0 Å². The zero-order valence-electron chi connectivity index (χ0n) is 7.02. The number of nitrogens with one attached hydrogen (secondary N) is 1. The Morgan fingerprint density at radius 2 is 2.36 bits per heavy atom. The van der Waals surface area contributed by atoms with Crippen molar-refractivity contribution in [1.29, 1.82) is 5.26 Å². The first-order valence-electron chi connectivity index (χ1n) is 3.84. The molecule has 1 N–H and O–H groups in total. The third kappa shape index (κ3) is 1.58. The smallest absolute Gasteiger partial charge is 0.114 e. The van der Waals surface area contributed by atoms with Gasteiger partial charge in [0.2, 0.25) is 0 Å². The predicted octanol–water partition coefficient (Wildman–Crippen LogP) is 2.74. The van der Waals surface area contributed by atoms with Crippen LogP contribution in [0.5, 0.6) is 0 Å². The second kappa shape index (κ2) is 3.70. The number of rotatable bonds is 1. The number of H-pyrrole nitrogens is 1. The minimum Gasteiger partial charge on any atom is -0.337 e. The van der Waals surface area contributed by atoms with Crippen molar-refractivity contribution in [2.75, 3.05) is 0 Å². The van der Waals surface area contributed by atoms with Crippen LogP contribution in [-0.2, 0) is 0 Å². The van der Waals surface area contributed by atoms with Crippen molar-refractivity contribution < 1.29 is 0 Å². The van der Waals surface area contributed by atoms with Crippen LogP contribution in [0.25, 0.3) is 10.4 Å². The fraction of sp³-hybridized carbons (Fsp3) is 0. The summed E-state index contributed by atoms with van der Waals surface area (Å²) in [5, 5.41) is 8.68. The van der Waals surface area contributed by atoms with Gasteiger partial charge >= 0.3 is 0 Å². The van der Waals surface area contributed by atoms with Gasteiger partial charge in [0.1, 0.15) is 15.6 Å². The molecule has 0 atom stereocenters. The van der Waals surface area contributed by atoms with E-state index in [4.69, 9.17) is 17.5 Å². The largest absolute Gasteiger partial charge is 0.337 e. The first-order chi connectivity index (χ1) is 6.81. The van der Waals surface area contributed by atoms with Crippen molar-refractivity contribution in [3.05, 3.63) is 34.2 Å². The molecule has 2 aromatic rings. The van der Waals surface area contributed by atoms with Crippen molar-refractivity contribution >= 4 is 23.6 Å². The van der Waals surface area contributed by atoms with E-state index in [0.29, 0.717) is 9.52 Å². The lowest BCUT2D eigenvalue weighted by molar-refractivity contribution is 1.16. The van der Waals surface area contributed by atoms with Gasteiger partial charge in [-0.1, -0.05) is 12.2 Å². The summed E-state index contributed by atoms with van der Waals surface area (Å²) >= 11 is 6.52. The van der Waals surface area contributed by atoms with Crippen LogP contribution in [0.4, 0.5) is 0 Å². The highest BCUT2D eigenvalue weighted by molar-refractivity contribution is 7.71. The van der Waals surface area contributed by atoms with E-state index in [-0.39, 0.29) is 0 Å². The van der Waals surface area contributed by atoms with Crippen molar-refractivity contribution in [2.24, 2.45) is 0 Å². The maximum absolute atomic E-state index is 8.68. The van der Waals surface area contributed by atoms with Crippen LogP contribution < -0.4 is 0 Å². The molecule has 0 fully saturated rings. The third-order valence-electron chi connectivity index (χ3n) is 1.70. The molecular formula is C9H5N3S2. The van der Waals surface area contributed by atoms with Crippen molar-refractivity contribution in [2.45, 2.75) is 0 Å². The standard InChI is InChI=1S/C9H5N3S2/c10-3-6-1-2-8(14-6)7-4-11-5-12-9(7)13/h1-2,4-5H,(H,11,12,13). The summed E-state index contributed by atoms with van der Waals surface area (Å²) in [6, 6.07) is 5.75. The lowest BCUT2D eigenvalue weighted by atomic mass is 10.3. The summed E-state index contributed by atoms with van der Waals surface area (Å²) in [4.78, 5) is 8.46. The van der Waals surface area contributed by atoms with E-state index in [9.17, 15) is 0 Å². The average Bonchev–Trinajstić information content (AvgIpc) is 2.67. The van der Waals surface area contributed by atoms with E-state index in [0.717, 1.165) is 10.4 Å². The maximum Gasteiger partial charge on any atom is 0.114 e. The summed E-state index contributed by atoms with van der Waals surface area (Å²) in [5.74, 6) is 0. The Balaban J connectivity index is 2.56. The molecule has 0 aliphatic heterocycles. The van der Waals surface area contributed by atoms with Gasteiger partial charge in [-0.05, 0) is 12.1 Å². The zero-order chi connectivity index (χ0) is 9.97. The SMILES string of the molecule is N#Cc1ccc(-c2cnc[nH]c2=S)s1. The number of nitrogens with zero attached hydrogens (tertiary/aromatic N) is 2. The Hall–Kier alpha value is -1.51. The van der Waals surface area contributed by atoms with E-state index in [2.05, 4.69) is 16.0 Å². The Morgan fingerprint density at radius 3 is 3.00 bits per heavy atom. The molecule has 0 spiro atoms.